The Morgan fingerprint density at radius 2 is 0.487 bits per heavy atom. The number of amides is 12. The van der Waals surface area contributed by atoms with E-state index in [-0.39, 0.29) is 90.0 Å². The second-order valence-electron chi connectivity index (χ2n) is 35.4. The lowest BCUT2D eigenvalue weighted by molar-refractivity contribution is -0.131. The van der Waals surface area contributed by atoms with Crippen LogP contribution < -0.4 is 63.8 Å². The van der Waals surface area contributed by atoms with E-state index in [9.17, 15) is 57.5 Å². The van der Waals surface area contributed by atoms with Crippen molar-refractivity contribution in [2.75, 3.05) is 52.5 Å². The molecule has 32 nitrogen and oxygen atoms in total. The Kier molecular flexibility index (Phi) is 49.2. The highest BCUT2D eigenvalue weighted by atomic mass is 16.6. The zero-order chi connectivity index (χ0) is 86.5. The van der Waals surface area contributed by atoms with Crippen molar-refractivity contribution in [3.63, 3.8) is 0 Å². The van der Waals surface area contributed by atoms with Gasteiger partial charge in [-0.2, -0.15) is 0 Å². The fourth-order valence-electron chi connectivity index (χ4n) is 10.9. The smallest absolute Gasteiger partial charge is 0.408 e. The van der Waals surface area contributed by atoms with E-state index in [1.165, 1.54) is 0 Å². The first-order valence-corrected chi connectivity index (χ1v) is 41.2. The third-order valence-electron chi connectivity index (χ3n) is 17.2. The second-order valence-corrected chi connectivity index (χ2v) is 35.4. The molecule has 0 aromatic rings. The van der Waals surface area contributed by atoms with E-state index in [2.05, 4.69) is 63.8 Å². The number of carbonyl (C=O) groups is 12. The monoisotopic (exact) mass is 1610 g/mol. The Balaban J connectivity index is 6.76. The van der Waals surface area contributed by atoms with E-state index in [4.69, 9.17) is 37.9 Å². The van der Waals surface area contributed by atoms with E-state index in [0.717, 1.165) is 25.7 Å². The molecule has 8 atom stereocenters. The number of rotatable bonds is 52. The Labute approximate surface area is 675 Å². The van der Waals surface area contributed by atoms with Crippen molar-refractivity contribution in [2.24, 2.45) is 0 Å². The summed E-state index contributed by atoms with van der Waals surface area (Å²) in [7, 11) is 0. The molecule has 0 aliphatic carbocycles. The van der Waals surface area contributed by atoms with Gasteiger partial charge in [-0.15, -0.1) is 0 Å². The molecule has 12 N–H and O–H groups in total. The number of ether oxygens (including phenoxy) is 8. The van der Waals surface area contributed by atoms with Crippen LogP contribution in [0, 0.1) is 0 Å². The predicted octanol–water partition coefficient (Wildman–Crippen LogP) is 11.6. The predicted molar refractivity (Wildman–Crippen MR) is 435 cm³/mol. The van der Waals surface area contributed by atoms with Gasteiger partial charge in [0, 0.05) is 39.3 Å². The molecule has 0 aromatic carbocycles. The fourth-order valence-corrected chi connectivity index (χ4v) is 10.9. The highest BCUT2D eigenvalue weighted by Gasteiger charge is 2.35. The van der Waals surface area contributed by atoms with Gasteiger partial charge >= 0.3 is 36.6 Å². The van der Waals surface area contributed by atoms with Crippen LogP contribution in [0.5, 0.6) is 0 Å². The maximum atomic E-state index is 14.5. The normalized spacial score (nSPS) is 14.7. The SMILES string of the molecule is CCCCCC(NC(=O)OC(C)(C)C)C(=O)NCCCCC(NC(=O)C(CCCCNC(=O)OC(C)(C)C)NC(=O)OC(C)(C)C)C(=O)NCCOC(C)(CC)CCOC(C)(CC)CNC(=O)C(CCCCNC(=O)C(CCCCC)NC(=O)OC(C)(C)C)NC(=O)C(CCCCNC(=O)OC(C)(C)C)NC(=O)OC(C)(C)C. The van der Waals surface area contributed by atoms with Crippen molar-refractivity contribution in [1.29, 1.82) is 0 Å². The summed E-state index contributed by atoms with van der Waals surface area (Å²) in [6.07, 6.45) is 6.21. The molecule has 0 aliphatic rings. The number of unbranched alkanes of at least 4 members (excludes halogenated alkanes) is 8. The van der Waals surface area contributed by atoms with Crippen LogP contribution in [0.15, 0.2) is 0 Å². The van der Waals surface area contributed by atoms with E-state index in [1.54, 1.807) is 125 Å². The van der Waals surface area contributed by atoms with Gasteiger partial charge < -0.3 is 102 Å². The standard InChI is InChI=1S/C81H152N12O20/c1-25-29-31-41-58(90-70(102)110-76(11,12)13)63(95)82-48-37-33-43-56(88-66(98)60(92-72(104)112-78(17,18)19)45-35-39-50-85-68(100)108-74(5,6)7)62(94)84-52-54-107-80(23,27-3)47-53-106-81(24,28-4)55-87-65(97)57(44-34-38-49-83-64(96)59(42-32-30-26-2)91-71(103)111-77(14,15)16)89-67(99)61(93-73(105)113-79(20,21)22)46-36-40-51-86-69(101)109-75(8,9)10/h56-61H,25-55H2,1-24H3,(H,82,95)(H,83,96)(H,84,94)(H,85,100)(H,86,101)(H,87,97)(H,88,98)(H,89,99)(H,90,102)(H,91,103)(H,92,104)(H,93,105). The summed E-state index contributed by atoms with van der Waals surface area (Å²) in [5.41, 5.74) is -6.50. The summed E-state index contributed by atoms with van der Waals surface area (Å²) in [6, 6.07) is -6.27. The lowest BCUT2D eigenvalue weighted by Gasteiger charge is -2.33. The maximum absolute atomic E-state index is 14.5. The van der Waals surface area contributed by atoms with Crippen LogP contribution in [-0.4, -0.2) is 206 Å². The van der Waals surface area contributed by atoms with Gasteiger partial charge in [0.15, 0.2) is 0 Å². The quantitative estimate of drug-likeness (QED) is 0.0199. The van der Waals surface area contributed by atoms with Crippen LogP contribution in [0.1, 0.15) is 314 Å². The van der Waals surface area contributed by atoms with Crippen molar-refractivity contribution >= 4 is 72.0 Å². The minimum absolute atomic E-state index is 0.0131. The van der Waals surface area contributed by atoms with Gasteiger partial charge in [0.1, 0.15) is 69.9 Å². The number of carbonyl (C=O) groups excluding carboxylic acids is 12. The molecule has 0 aromatic heterocycles. The molecule has 32 heteroatoms. The highest BCUT2D eigenvalue weighted by Crippen LogP contribution is 2.24. The van der Waals surface area contributed by atoms with E-state index < -0.39 is 141 Å². The van der Waals surface area contributed by atoms with Crippen LogP contribution in [0.25, 0.3) is 0 Å². The summed E-state index contributed by atoms with van der Waals surface area (Å²) in [5, 5.41) is 33.6. The van der Waals surface area contributed by atoms with Gasteiger partial charge in [0.2, 0.25) is 35.4 Å². The van der Waals surface area contributed by atoms with Gasteiger partial charge in [-0.3, -0.25) is 28.8 Å². The van der Waals surface area contributed by atoms with E-state index in [1.807, 2.05) is 41.5 Å². The molecule has 0 bridgehead atoms. The summed E-state index contributed by atoms with van der Waals surface area (Å²) >= 11 is 0. The Hall–Kier alpha value is -7.64. The van der Waals surface area contributed by atoms with Crippen LogP contribution in [-0.2, 0) is 66.7 Å². The van der Waals surface area contributed by atoms with Crippen molar-refractivity contribution < 1.29 is 95.4 Å². The molecule has 0 rings (SSSR count). The molecule has 113 heavy (non-hydrogen) atoms. The van der Waals surface area contributed by atoms with Crippen LogP contribution in [0.4, 0.5) is 28.8 Å². The van der Waals surface area contributed by atoms with Gasteiger partial charge in [-0.1, -0.05) is 66.2 Å². The van der Waals surface area contributed by atoms with Crippen LogP contribution in [0.3, 0.4) is 0 Å². The molecule has 0 aliphatic heterocycles. The summed E-state index contributed by atoms with van der Waals surface area (Å²) in [5.74, 6) is -3.17. The maximum Gasteiger partial charge on any atom is 0.408 e. The van der Waals surface area contributed by atoms with Gasteiger partial charge in [0.25, 0.3) is 0 Å². The molecule has 0 fully saturated rings. The molecule has 8 unspecified atom stereocenters. The molecule has 656 valence electrons. The third-order valence-corrected chi connectivity index (χ3v) is 17.2. The van der Waals surface area contributed by atoms with Gasteiger partial charge in [-0.25, -0.2) is 28.8 Å². The number of alkyl carbamates (subject to hydrolysis) is 6. The topological polar surface area (TPSA) is 423 Å². The van der Waals surface area contributed by atoms with Gasteiger partial charge in [-0.05, 0) is 248 Å². The summed E-state index contributed by atoms with van der Waals surface area (Å²) in [4.78, 5) is 161. The Morgan fingerprint density at radius 1 is 0.248 bits per heavy atom. The fraction of sp³-hybridized carbons (Fsp3) is 0.852. The van der Waals surface area contributed by atoms with Crippen molar-refractivity contribution in [3.8, 4) is 0 Å². The first-order valence-electron chi connectivity index (χ1n) is 41.2. The molecule has 0 saturated heterocycles. The number of hydrogen-bond donors (Lipinski definition) is 12. The van der Waals surface area contributed by atoms with Crippen molar-refractivity contribution in [3.05, 3.63) is 0 Å². The first-order chi connectivity index (χ1) is 52.2. The lowest BCUT2D eigenvalue weighted by Crippen LogP contribution is -2.55. The number of nitrogens with one attached hydrogen (secondary N) is 12. The minimum atomic E-state index is -1.16. The van der Waals surface area contributed by atoms with Crippen LogP contribution >= 0.6 is 0 Å². The molecular formula is C81H152N12O20. The molecular weight excluding hydrogens is 1460 g/mol. The lowest BCUT2D eigenvalue weighted by atomic mass is 9.98. The van der Waals surface area contributed by atoms with E-state index in [0.29, 0.717) is 96.3 Å². The molecule has 0 heterocycles. The highest BCUT2D eigenvalue weighted by molar-refractivity contribution is 5.92. The largest absolute Gasteiger partial charge is 0.444 e. The zero-order valence-corrected chi connectivity index (χ0v) is 73.5. The molecule has 0 saturated carbocycles. The first kappa shape index (κ1) is 105. The second kappa shape index (κ2) is 52.8. The minimum Gasteiger partial charge on any atom is -0.444 e. The zero-order valence-electron chi connectivity index (χ0n) is 73.5. The molecule has 0 spiro atoms. The molecule has 12 amide bonds. The Bertz CT molecular complexity index is 2880. The van der Waals surface area contributed by atoms with Crippen molar-refractivity contribution in [1.82, 2.24) is 63.8 Å². The van der Waals surface area contributed by atoms with Gasteiger partial charge in [0.05, 0.1) is 24.4 Å². The summed E-state index contributed by atoms with van der Waals surface area (Å²) < 4.78 is 45.6. The average Bonchev–Trinajstić information content (AvgIpc) is 0.930. The third kappa shape index (κ3) is 55.5. The summed E-state index contributed by atoms with van der Waals surface area (Å²) in [6.45, 7) is 43.7. The van der Waals surface area contributed by atoms with E-state index >= 15 is 0 Å². The van der Waals surface area contributed by atoms with Crippen LogP contribution in [0.2, 0.25) is 0 Å². The average molecular weight is 1610 g/mol. The van der Waals surface area contributed by atoms with Crippen molar-refractivity contribution in [2.45, 2.75) is 395 Å². The number of hydrogen-bond acceptors (Lipinski definition) is 20. The molecule has 0 radical (unpaired) electrons. The Morgan fingerprint density at radius 3 is 0.770 bits per heavy atom.